The standard InChI is InChI=1S/C7H13N2.2C6F3N4.Li/c1-3-4-9-6-5-8(2)7-9;2*7-6(8,9)5-12-3(1-10)4(2-11)13-5;/h5-7H,3-4H2,1-2H3;;;/q+1;2*-1;+1/p+1. The summed E-state index contributed by atoms with van der Waals surface area (Å²) < 4.78 is 75.8. The van der Waals surface area contributed by atoms with Crippen LogP contribution in [0.15, 0.2) is 50.1 Å². The summed E-state index contributed by atoms with van der Waals surface area (Å²) in [4.78, 5) is 11.5. The maximum absolute atomic E-state index is 11.9. The average Bonchev–Trinajstić information content (AvgIpc) is 3.51. The minimum absolute atomic E-state index is 0. The number of amidine groups is 2. The van der Waals surface area contributed by atoms with Crippen LogP contribution < -0.4 is 28.7 Å². The van der Waals surface area contributed by atoms with Crippen molar-refractivity contribution in [2.75, 3.05) is 0 Å². The molecule has 2 aliphatic heterocycles. The smallest absolute Gasteiger partial charge is 0.761 e. The Hall–Kier alpha value is -4.05. The molecule has 3 rings (SSSR count). The van der Waals surface area contributed by atoms with Gasteiger partial charge in [0.05, 0.1) is 13.6 Å². The number of allylic oxidation sites excluding steroid dienone is 2. The second-order valence-corrected chi connectivity index (χ2v) is 6.26. The van der Waals surface area contributed by atoms with Crippen molar-refractivity contribution in [3.63, 3.8) is 0 Å². The number of imidazole rings is 1. The fourth-order valence-electron chi connectivity index (χ4n) is 2.15. The quantitative estimate of drug-likeness (QED) is 0.213. The van der Waals surface area contributed by atoms with Gasteiger partial charge in [-0.3, -0.25) is 0 Å². The Morgan fingerprint density at radius 1 is 0.972 bits per heavy atom. The molecule has 0 aliphatic carbocycles. The van der Waals surface area contributed by atoms with Gasteiger partial charge >= 0.3 is 37.3 Å². The second-order valence-electron chi connectivity index (χ2n) is 6.26. The van der Waals surface area contributed by atoms with Crippen molar-refractivity contribution in [3.8, 4) is 12.1 Å². The van der Waals surface area contributed by atoms with E-state index in [1.165, 1.54) is 24.2 Å². The van der Waals surface area contributed by atoms with Crippen LogP contribution in [-0.2, 0) is 13.6 Å². The number of aryl methyl sites for hydroxylation is 2. The summed E-state index contributed by atoms with van der Waals surface area (Å²) in [5, 5.41) is 31.3. The average molecular weight is 503 g/mol. The molecule has 182 valence electrons. The van der Waals surface area contributed by atoms with Crippen LogP contribution in [0.2, 0.25) is 0 Å². The predicted octanol–water partition coefficient (Wildman–Crippen LogP) is -1.93. The van der Waals surface area contributed by atoms with Gasteiger partial charge < -0.3 is 10.8 Å². The van der Waals surface area contributed by atoms with Crippen LogP contribution in [0, 0.1) is 17.4 Å². The number of nitriles is 1. The summed E-state index contributed by atoms with van der Waals surface area (Å²) in [6.45, 7) is 3.31. The molecule has 0 aromatic carbocycles. The molecule has 0 saturated heterocycles. The van der Waals surface area contributed by atoms with Gasteiger partial charge in [-0.25, -0.2) is 40.8 Å². The summed E-state index contributed by atoms with van der Waals surface area (Å²) >= 11 is 0. The van der Waals surface area contributed by atoms with E-state index in [1.54, 1.807) is 6.07 Å². The van der Waals surface area contributed by atoms with Crippen molar-refractivity contribution in [2.45, 2.75) is 32.2 Å². The van der Waals surface area contributed by atoms with E-state index >= 15 is 0 Å². The van der Waals surface area contributed by atoms with Gasteiger partial charge in [0.25, 0.3) is 0 Å². The Morgan fingerprint density at radius 2 is 1.44 bits per heavy atom. The van der Waals surface area contributed by atoms with E-state index in [0.29, 0.717) is 0 Å². The molecular weight excluding hydrogens is 489 g/mol. The first-order valence-corrected chi connectivity index (χ1v) is 9.18. The summed E-state index contributed by atoms with van der Waals surface area (Å²) in [5.74, 6) is -0.150. The molecule has 17 heteroatoms. The summed E-state index contributed by atoms with van der Waals surface area (Å²) in [6, 6.07) is 2.94. The van der Waals surface area contributed by atoms with E-state index in [9.17, 15) is 26.3 Å². The Morgan fingerprint density at radius 3 is 1.72 bits per heavy atom. The SMILES string of the molecule is CCCn1cc[n+](C)c1.N#CC1=NC(C(F)(F)F)=NC1=C=[N-].[Li+].[N-]=C=C1N=C(C(F)(F)F)N=C1C#[NH+]. The third-order valence-electron chi connectivity index (χ3n) is 3.57. The third-order valence-corrected chi connectivity index (χ3v) is 3.57. The number of nitrogens with one attached hydrogen (secondary N) is 1. The van der Waals surface area contributed by atoms with Crippen LogP contribution in [0.4, 0.5) is 26.3 Å². The van der Waals surface area contributed by atoms with Crippen LogP contribution in [0.1, 0.15) is 13.3 Å². The molecule has 36 heavy (non-hydrogen) atoms. The molecule has 1 aromatic rings. The molecule has 2 aliphatic rings. The van der Waals surface area contributed by atoms with E-state index in [0.717, 1.165) is 6.54 Å². The summed E-state index contributed by atoms with van der Waals surface area (Å²) in [6.07, 6.45) is -1.99. The van der Waals surface area contributed by atoms with Gasteiger partial charge in [0.1, 0.15) is 29.9 Å². The Bertz CT molecular complexity index is 1190. The van der Waals surface area contributed by atoms with Crippen LogP contribution in [0.5, 0.6) is 0 Å². The van der Waals surface area contributed by atoms with Crippen LogP contribution in [-0.4, -0.2) is 51.8 Å². The number of halogens is 6. The molecule has 0 atom stereocenters. The fourth-order valence-corrected chi connectivity index (χ4v) is 2.15. The number of hydrogen-bond acceptors (Lipinski definition) is 5. The van der Waals surface area contributed by atoms with E-state index in [1.807, 2.05) is 7.05 Å². The van der Waals surface area contributed by atoms with Crippen LogP contribution in [0.3, 0.4) is 0 Å². The van der Waals surface area contributed by atoms with Crippen LogP contribution in [0.25, 0.3) is 10.8 Å². The molecule has 3 heterocycles. The second kappa shape index (κ2) is 13.7. The summed E-state index contributed by atoms with van der Waals surface area (Å²) in [7, 11) is 2.03. The molecule has 0 amide bonds. The Balaban J connectivity index is 0.000000512. The first-order chi connectivity index (χ1) is 16.3. The van der Waals surface area contributed by atoms with Crippen molar-refractivity contribution in [1.29, 1.82) is 5.26 Å². The van der Waals surface area contributed by atoms with Crippen molar-refractivity contribution in [3.05, 3.63) is 40.9 Å². The van der Waals surface area contributed by atoms with Crippen molar-refractivity contribution < 1.29 is 55.0 Å². The number of alkyl halides is 6. The van der Waals surface area contributed by atoms with Gasteiger partial charge in [0.15, 0.2) is 5.71 Å². The number of aromatic nitrogens is 2. The van der Waals surface area contributed by atoms with E-state index in [4.69, 9.17) is 21.3 Å². The molecule has 10 nitrogen and oxygen atoms in total. The maximum Gasteiger partial charge on any atom is 1.00 e. The predicted molar refractivity (Wildman–Crippen MR) is 112 cm³/mol. The van der Waals surface area contributed by atoms with Crippen LogP contribution >= 0.6 is 0 Å². The van der Waals surface area contributed by atoms with E-state index in [-0.39, 0.29) is 18.9 Å². The van der Waals surface area contributed by atoms with Gasteiger partial charge in [-0.05, 0) is 6.42 Å². The zero-order valence-corrected chi connectivity index (χ0v) is 18.9. The molecule has 0 spiro atoms. The Kier molecular flexibility index (Phi) is 12.2. The topological polar surface area (TPSA) is 150 Å². The van der Waals surface area contributed by atoms with Gasteiger partial charge in [0.2, 0.25) is 23.7 Å². The fraction of sp³-hybridized carbons (Fsp3) is 0.316. The normalized spacial score (nSPS) is 14.1. The monoisotopic (exact) mass is 503 g/mol. The first kappa shape index (κ1) is 31.9. The zero-order chi connectivity index (χ0) is 26.8. The third kappa shape index (κ3) is 9.30. The number of rotatable bonds is 2. The number of hydrogen-bond donors (Lipinski definition) is 1. The number of aliphatic imine (C=N–C) groups is 4. The molecule has 0 saturated carbocycles. The van der Waals surface area contributed by atoms with Gasteiger partial charge in [-0.2, -0.15) is 31.6 Å². The van der Waals surface area contributed by atoms with Crippen molar-refractivity contribution >= 4 is 34.8 Å². The molecular formula is C19H14F6LiN10+. The minimum Gasteiger partial charge on any atom is -0.761 e. The Labute approximate surface area is 212 Å². The summed E-state index contributed by atoms with van der Waals surface area (Å²) in [5.41, 5.74) is -2.23. The maximum atomic E-state index is 11.9. The molecule has 0 unspecified atom stereocenters. The largest absolute Gasteiger partial charge is 1.00 e. The van der Waals surface area contributed by atoms with Gasteiger partial charge in [-0.1, -0.05) is 12.2 Å². The minimum atomic E-state index is -4.72. The van der Waals surface area contributed by atoms with E-state index in [2.05, 4.69) is 54.7 Å². The zero-order valence-electron chi connectivity index (χ0n) is 18.9. The van der Waals surface area contributed by atoms with Gasteiger partial charge in [-0.15, -0.1) is 0 Å². The molecule has 1 N–H and O–H groups in total. The molecule has 0 bridgehead atoms. The number of nitrogens with zero attached hydrogens (tertiary/aromatic N) is 9. The first-order valence-electron chi connectivity index (χ1n) is 9.18. The van der Waals surface area contributed by atoms with Crippen molar-refractivity contribution in [2.24, 2.45) is 27.0 Å². The molecule has 0 radical (unpaired) electrons. The molecule has 1 aromatic heterocycles. The van der Waals surface area contributed by atoms with E-state index < -0.39 is 46.8 Å². The molecule has 0 fully saturated rings. The van der Waals surface area contributed by atoms with Gasteiger partial charge in [0, 0.05) is 0 Å². The van der Waals surface area contributed by atoms with Crippen molar-refractivity contribution in [1.82, 2.24) is 4.57 Å².